The average Bonchev–Trinajstić information content (AvgIpc) is 2.79. The molecular formula is C23H29ClFN3O4. The van der Waals surface area contributed by atoms with Crippen LogP contribution in [-0.2, 0) is 11.3 Å². The van der Waals surface area contributed by atoms with Crippen molar-refractivity contribution in [2.45, 2.75) is 13.0 Å². The first-order chi connectivity index (χ1) is 15.4. The molecule has 0 radical (unpaired) electrons. The van der Waals surface area contributed by atoms with E-state index in [1.54, 1.807) is 18.2 Å². The lowest BCUT2D eigenvalue weighted by Crippen LogP contribution is -2.46. The van der Waals surface area contributed by atoms with E-state index in [0.717, 1.165) is 31.7 Å². The Morgan fingerprint density at radius 3 is 2.19 bits per heavy atom. The van der Waals surface area contributed by atoms with Gasteiger partial charge in [0.2, 0.25) is 11.7 Å². The minimum Gasteiger partial charge on any atom is -0.493 e. The predicted molar refractivity (Wildman–Crippen MR) is 122 cm³/mol. The summed E-state index contributed by atoms with van der Waals surface area (Å²) in [5.74, 6) is 1.04. The Morgan fingerprint density at radius 2 is 1.62 bits per heavy atom. The molecule has 1 saturated heterocycles. The number of ether oxygens (including phenoxy) is 3. The molecule has 2 aromatic carbocycles. The first-order valence-corrected chi connectivity index (χ1v) is 10.8. The first kappa shape index (κ1) is 24.1. The van der Waals surface area contributed by atoms with Crippen LogP contribution in [0.1, 0.15) is 12.0 Å². The van der Waals surface area contributed by atoms with Crippen molar-refractivity contribution >= 4 is 23.2 Å². The minimum atomic E-state index is -0.326. The van der Waals surface area contributed by atoms with E-state index in [-0.39, 0.29) is 11.7 Å². The van der Waals surface area contributed by atoms with Gasteiger partial charge < -0.3 is 24.4 Å². The van der Waals surface area contributed by atoms with Gasteiger partial charge in [-0.1, -0.05) is 17.7 Å². The van der Waals surface area contributed by atoms with Gasteiger partial charge in [-0.3, -0.25) is 9.69 Å². The first-order valence-electron chi connectivity index (χ1n) is 10.4. The van der Waals surface area contributed by atoms with Crippen molar-refractivity contribution in [3.05, 3.63) is 46.7 Å². The Bertz CT molecular complexity index is 910. The van der Waals surface area contributed by atoms with E-state index in [1.807, 2.05) is 0 Å². The quantitative estimate of drug-likeness (QED) is 0.610. The topological polar surface area (TPSA) is 63.3 Å². The van der Waals surface area contributed by atoms with Crippen molar-refractivity contribution in [1.82, 2.24) is 9.80 Å². The van der Waals surface area contributed by atoms with Crippen LogP contribution in [0.4, 0.5) is 10.1 Å². The van der Waals surface area contributed by atoms with Crippen LogP contribution < -0.4 is 19.5 Å². The summed E-state index contributed by atoms with van der Waals surface area (Å²) >= 11 is 6.14. The van der Waals surface area contributed by atoms with Crippen molar-refractivity contribution in [2.75, 3.05) is 59.4 Å². The lowest BCUT2D eigenvalue weighted by Gasteiger charge is -2.34. The molecule has 3 rings (SSSR count). The molecule has 174 valence electrons. The zero-order chi connectivity index (χ0) is 23.1. The van der Waals surface area contributed by atoms with Gasteiger partial charge in [0.15, 0.2) is 11.5 Å². The zero-order valence-corrected chi connectivity index (χ0v) is 19.4. The number of nitrogens with one attached hydrogen (secondary N) is 1. The van der Waals surface area contributed by atoms with E-state index >= 15 is 0 Å². The highest BCUT2D eigenvalue weighted by Crippen LogP contribution is 2.39. The SMILES string of the molecule is COc1cc(NC(=O)CCN2CCN(Cc3ccc(F)cc3Cl)CC2)cc(OC)c1OC. The Kier molecular flexibility index (Phi) is 8.55. The fourth-order valence-electron chi connectivity index (χ4n) is 3.70. The molecule has 32 heavy (non-hydrogen) atoms. The van der Waals surface area contributed by atoms with Gasteiger partial charge in [0, 0.05) is 68.5 Å². The predicted octanol–water partition coefficient (Wildman–Crippen LogP) is 3.65. The molecule has 0 spiro atoms. The van der Waals surface area contributed by atoms with E-state index in [0.29, 0.717) is 47.5 Å². The molecule has 1 fully saturated rings. The van der Waals surface area contributed by atoms with Crippen LogP contribution in [0.15, 0.2) is 30.3 Å². The normalized spacial score (nSPS) is 14.8. The van der Waals surface area contributed by atoms with Crippen LogP contribution in [0.25, 0.3) is 0 Å². The van der Waals surface area contributed by atoms with Gasteiger partial charge in [0.05, 0.1) is 21.3 Å². The van der Waals surface area contributed by atoms with E-state index in [2.05, 4.69) is 15.1 Å². The van der Waals surface area contributed by atoms with Crippen LogP contribution in [0.3, 0.4) is 0 Å². The van der Waals surface area contributed by atoms with Crippen molar-refractivity contribution in [3.8, 4) is 17.2 Å². The molecule has 1 N–H and O–H groups in total. The highest BCUT2D eigenvalue weighted by molar-refractivity contribution is 6.31. The maximum atomic E-state index is 13.2. The van der Waals surface area contributed by atoms with Gasteiger partial charge in [0.25, 0.3) is 0 Å². The fraction of sp³-hybridized carbons (Fsp3) is 0.435. The Balaban J connectivity index is 1.46. The molecule has 0 aromatic heterocycles. The number of hydrogen-bond donors (Lipinski definition) is 1. The summed E-state index contributed by atoms with van der Waals surface area (Å²) in [5.41, 5.74) is 1.51. The molecule has 0 saturated carbocycles. The van der Waals surface area contributed by atoms with Crippen molar-refractivity contribution in [2.24, 2.45) is 0 Å². The van der Waals surface area contributed by atoms with Crippen molar-refractivity contribution in [3.63, 3.8) is 0 Å². The maximum absolute atomic E-state index is 13.2. The van der Waals surface area contributed by atoms with E-state index < -0.39 is 0 Å². The lowest BCUT2D eigenvalue weighted by atomic mass is 10.2. The number of hydrogen-bond acceptors (Lipinski definition) is 6. The second kappa shape index (κ2) is 11.4. The molecule has 0 aliphatic carbocycles. The third kappa shape index (κ3) is 6.25. The van der Waals surface area contributed by atoms with Crippen LogP contribution >= 0.6 is 11.6 Å². The van der Waals surface area contributed by atoms with E-state index in [4.69, 9.17) is 25.8 Å². The number of methoxy groups -OCH3 is 3. The number of amides is 1. The Hall–Kier alpha value is -2.55. The van der Waals surface area contributed by atoms with Crippen molar-refractivity contribution in [1.29, 1.82) is 0 Å². The van der Waals surface area contributed by atoms with Gasteiger partial charge >= 0.3 is 0 Å². The molecular weight excluding hydrogens is 437 g/mol. The summed E-state index contributed by atoms with van der Waals surface area (Å²) < 4.78 is 29.2. The Morgan fingerprint density at radius 1 is 1.00 bits per heavy atom. The summed E-state index contributed by atoms with van der Waals surface area (Å²) in [6, 6.07) is 7.93. The molecule has 0 bridgehead atoms. The highest BCUT2D eigenvalue weighted by Gasteiger charge is 2.19. The largest absolute Gasteiger partial charge is 0.493 e. The van der Waals surface area contributed by atoms with Gasteiger partial charge in [-0.2, -0.15) is 0 Å². The van der Waals surface area contributed by atoms with Gasteiger partial charge in [-0.15, -0.1) is 0 Å². The molecule has 0 unspecified atom stereocenters. The summed E-state index contributed by atoms with van der Waals surface area (Å²) in [6.45, 7) is 4.80. The highest BCUT2D eigenvalue weighted by atomic mass is 35.5. The molecule has 2 aromatic rings. The molecule has 0 atom stereocenters. The monoisotopic (exact) mass is 465 g/mol. The molecule has 1 aliphatic rings. The summed E-state index contributed by atoms with van der Waals surface area (Å²) in [7, 11) is 4.60. The number of carbonyl (C=O) groups excluding carboxylic acids is 1. The maximum Gasteiger partial charge on any atom is 0.225 e. The van der Waals surface area contributed by atoms with E-state index in [9.17, 15) is 9.18 Å². The molecule has 1 amide bonds. The molecule has 1 aliphatic heterocycles. The number of rotatable bonds is 9. The number of halogens is 2. The minimum absolute atomic E-state index is 0.0835. The number of piperazine rings is 1. The van der Waals surface area contributed by atoms with Crippen molar-refractivity contribution < 1.29 is 23.4 Å². The van der Waals surface area contributed by atoms with Crippen LogP contribution in [-0.4, -0.2) is 69.8 Å². The molecule has 9 heteroatoms. The van der Waals surface area contributed by atoms with Gasteiger partial charge in [-0.25, -0.2) is 4.39 Å². The van der Waals surface area contributed by atoms with Crippen LogP contribution in [0, 0.1) is 5.82 Å². The van der Waals surface area contributed by atoms with Gasteiger partial charge in [0.1, 0.15) is 5.82 Å². The number of anilines is 1. The fourth-order valence-corrected chi connectivity index (χ4v) is 3.93. The van der Waals surface area contributed by atoms with E-state index in [1.165, 1.54) is 33.5 Å². The standard InChI is InChI=1S/C23H29ClFN3O4/c1-30-20-13-18(14-21(31-2)23(20)32-3)26-22(29)6-7-27-8-10-28(11-9-27)15-16-4-5-17(25)12-19(16)24/h4-5,12-14H,6-11,15H2,1-3H3,(H,26,29). The average molecular weight is 466 g/mol. The zero-order valence-electron chi connectivity index (χ0n) is 18.6. The number of benzene rings is 2. The summed E-state index contributed by atoms with van der Waals surface area (Å²) in [6.07, 6.45) is 0.375. The second-order valence-corrected chi connectivity index (χ2v) is 7.97. The second-order valence-electron chi connectivity index (χ2n) is 7.57. The third-order valence-electron chi connectivity index (χ3n) is 5.48. The number of carbonyl (C=O) groups is 1. The van der Waals surface area contributed by atoms with Gasteiger partial charge in [-0.05, 0) is 17.7 Å². The summed E-state index contributed by atoms with van der Waals surface area (Å²) in [4.78, 5) is 17.0. The van der Waals surface area contributed by atoms with Crippen LogP contribution in [0.5, 0.6) is 17.2 Å². The molecule has 1 heterocycles. The molecule has 7 nitrogen and oxygen atoms in total. The number of nitrogens with zero attached hydrogens (tertiary/aromatic N) is 2. The summed E-state index contributed by atoms with van der Waals surface area (Å²) in [5, 5.41) is 3.35. The third-order valence-corrected chi connectivity index (χ3v) is 5.83. The lowest BCUT2D eigenvalue weighted by molar-refractivity contribution is -0.116. The van der Waals surface area contributed by atoms with Crippen LogP contribution in [0.2, 0.25) is 5.02 Å². The Labute approximate surface area is 193 Å². The smallest absolute Gasteiger partial charge is 0.225 e.